The van der Waals surface area contributed by atoms with Gasteiger partial charge in [0.05, 0.1) is 0 Å². The van der Waals surface area contributed by atoms with Crippen LogP contribution in [0.3, 0.4) is 0 Å². The highest BCUT2D eigenvalue weighted by Gasteiger charge is 2.30. The molecule has 152 valence electrons. The Morgan fingerprint density at radius 2 is 2.04 bits per heavy atom. The van der Waals surface area contributed by atoms with Gasteiger partial charge in [0.15, 0.2) is 0 Å². The van der Waals surface area contributed by atoms with E-state index in [-0.39, 0.29) is 12.1 Å². The molecular weight excluding hydrogens is 370 g/mol. The number of ether oxygens (including phenoxy) is 1. The summed E-state index contributed by atoms with van der Waals surface area (Å²) in [6.45, 7) is 11.7. The van der Waals surface area contributed by atoms with Gasteiger partial charge in [-0.25, -0.2) is 4.79 Å². The van der Waals surface area contributed by atoms with Crippen LogP contribution in [-0.2, 0) is 17.8 Å². The van der Waals surface area contributed by atoms with Gasteiger partial charge in [-0.05, 0) is 57.0 Å². The van der Waals surface area contributed by atoms with Gasteiger partial charge in [-0.3, -0.25) is 4.90 Å². The lowest BCUT2D eigenvalue weighted by atomic mass is 10.1. The molecule has 1 aromatic carbocycles. The Morgan fingerprint density at radius 1 is 1.25 bits per heavy atom. The summed E-state index contributed by atoms with van der Waals surface area (Å²) in [6.07, 6.45) is -0.213. The normalized spacial score (nSPS) is 18.3. The van der Waals surface area contributed by atoms with Gasteiger partial charge >= 0.3 is 6.09 Å². The van der Waals surface area contributed by atoms with E-state index in [2.05, 4.69) is 48.2 Å². The Labute approximate surface area is 172 Å². The van der Waals surface area contributed by atoms with Gasteiger partial charge in [0, 0.05) is 48.5 Å². The number of hydrogen-bond donors (Lipinski definition) is 1. The molecule has 0 aliphatic carbocycles. The van der Waals surface area contributed by atoms with Crippen molar-refractivity contribution in [2.45, 2.75) is 52.4 Å². The number of nitrogens with zero attached hydrogens (tertiary/aromatic N) is 2. The number of piperazine rings is 1. The zero-order valence-corrected chi connectivity index (χ0v) is 18.1. The second-order valence-corrected chi connectivity index (χ2v) is 9.60. The molecular formula is C22H31N3O2S. The topological polar surface area (TPSA) is 58.8 Å². The second kappa shape index (κ2) is 8.64. The maximum Gasteiger partial charge on any atom is 0.410 e. The molecule has 2 heterocycles. The van der Waals surface area contributed by atoms with Crippen molar-refractivity contribution in [2.75, 3.05) is 19.6 Å². The zero-order valence-electron chi connectivity index (χ0n) is 17.3. The van der Waals surface area contributed by atoms with Gasteiger partial charge in [0.2, 0.25) is 0 Å². The summed E-state index contributed by atoms with van der Waals surface area (Å²) < 4.78 is 5.54. The highest BCUT2D eigenvalue weighted by atomic mass is 32.1. The minimum absolute atomic E-state index is 0.135. The molecule has 0 bridgehead atoms. The molecule has 3 rings (SSSR count). The first-order chi connectivity index (χ1) is 13.2. The van der Waals surface area contributed by atoms with Crippen LogP contribution in [0.5, 0.6) is 0 Å². The molecule has 0 spiro atoms. The van der Waals surface area contributed by atoms with E-state index in [1.54, 1.807) is 11.3 Å². The number of amides is 1. The number of rotatable bonds is 4. The molecule has 1 amide bonds. The van der Waals surface area contributed by atoms with E-state index in [1.165, 1.54) is 20.9 Å². The first kappa shape index (κ1) is 20.8. The molecule has 1 fully saturated rings. The summed E-state index contributed by atoms with van der Waals surface area (Å²) in [6, 6.07) is 13.1. The first-order valence-corrected chi connectivity index (χ1v) is 10.7. The van der Waals surface area contributed by atoms with Crippen LogP contribution >= 0.6 is 11.3 Å². The van der Waals surface area contributed by atoms with Crippen LogP contribution in [0.2, 0.25) is 0 Å². The van der Waals surface area contributed by atoms with Crippen LogP contribution < -0.4 is 5.73 Å². The van der Waals surface area contributed by atoms with Crippen LogP contribution in [0.1, 0.15) is 38.1 Å². The van der Waals surface area contributed by atoms with Crippen LogP contribution in [0.25, 0.3) is 10.4 Å². The van der Waals surface area contributed by atoms with E-state index in [1.807, 2.05) is 25.7 Å². The Hall–Kier alpha value is -1.89. The summed E-state index contributed by atoms with van der Waals surface area (Å²) in [5.74, 6) is 0. The number of nitrogens with two attached hydrogens (primary N) is 1. The fraction of sp³-hybridized carbons (Fsp3) is 0.500. The maximum atomic E-state index is 12.4. The van der Waals surface area contributed by atoms with Crippen molar-refractivity contribution < 1.29 is 9.53 Å². The molecule has 0 unspecified atom stereocenters. The fourth-order valence-electron chi connectivity index (χ4n) is 3.49. The number of carbonyl (C=O) groups excluding carboxylic acids is 1. The largest absolute Gasteiger partial charge is 0.444 e. The van der Waals surface area contributed by atoms with E-state index in [0.717, 1.165) is 19.6 Å². The van der Waals surface area contributed by atoms with Crippen molar-refractivity contribution in [3.8, 4) is 10.4 Å². The van der Waals surface area contributed by atoms with E-state index < -0.39 is 5.60 Å². The molecule has 2 N–H and O–H groups in total. The van der Waals surface area contributed by atoms with Crippen molar-refractivity contribution in [1.82, 2.24) is 9.80 Å². The summed E-state index contributed by atoms with van der Waals surface area (Å²) in [5.41, 5.74) is 7.81. The lowest BCUT2D eigenvalue weighted by Gasteiger charge is -2.40. The average molecular weight is 402 g/mol. The summed E-state index contributed by atoms with van der Waals surface area (Å²) >= 11 is 1.75. The Bertz CT molecular complexity index is 812. The van der Waals surface area contributed by atoms with Crippen molar-refractivity contribution >= 4 is 17.4 Å². The molecule has 1 aromatic heterocycles. The highest BCUT2D eigenvalue weighted by molar-refractivity contribution is 7.15. The third-order valence-electron chi connectivity index (χ3n) is 4.82. The third-order valence-corrected chi connectivity index (χ3v) is 5.98. The number of hydrogen-bond acceptors (Lipinski definition) is 5. The van der Waals surface area contributed by atoms with Gasteiger partial charge in [-0.2, -0.15) is 0 Å². The highest BCUT2D eigenvalue weighted by Crippen LogP contribution is 2.29. The minimum Gasteiger partial charge on any atom is -0.444 e. The van der Waals surface area contributed by atoms with Gasteiger partial charge in [0.25, 0.3) is 0 Å². The predicted octanol–water partition coefficient (Wildman–Crippen LogP) is 4.32. The Morgan fingerprint density at radius 3 is 2.68 bits per heavy atom. The van der Waals surface area contributed by atoms with Gasteiger partial charge in [0.1, 0.15) is 5.60 Å². The monoisotopic (exact) mass is 401 g/mol. The van der Waals surface area contributed by atoms with E-state index in [0.29, 0.717) is 13.1 Å². The van der Waals surface area contributed by atoms with E-state index >= 15 is 0 Å². The average Bonchev–Trinajstić information content (AvgIpc) is 3.10. The van der Waals surface area contributed by atoms with Crippen molar-refractivity contribution in [2.24, 2.45) is 5.73 Å². The van der Waals surface area contributed by atoms with Crippen LogP contribution in [0.4, 0.5) is 4.79 Å². The number of carbonyl (C=O) groups is 1. The molecule has 6 heteroatoms. The van der Waals surface area contributed by atoms with E-state index in [9.17, 15) is 4.79 Å². The first-order valence-electron chi connectivity index (χ1n) is 9.85. The molecule has 5 nitrogen and oxygen atoms in total. The van der Waals surface area contributed by atoms with Gasteiger partial charge in [-0.1, -0.05) is 18.2 Å². The quantitative estimate of drug-likeness (QED) is 0.829. The fourth-order valence-corrected chi connectivity index (χ4v) is 4.38. The SMILES string of the molecule is C[C@H]1CN(Cc2cccc(-c3ccc(CN)s3)c2)CCN1C(=O)OC(C)(C)C. The Balaban J connectivity index is 1.61. The molecule has 1 saturated heterocycles. The molecule has 1 aliphatic heterocycles. The molecule has 1 atom stereocenters. The summed E-state index contributed by atoms with van der Waals surface area (Å²) in [5, 5.41) is 0. The van der Waals surface area contributed by atoms with E-state index in [4.69, 9.17) is 10.5 Å². The number of benzene rings is 1. The second-order valence-electron chi connectivity index (χ2n) is 8.43. The minimum atomic E-state index is -0.458. The maximum absolute atomic E-state index is 12.4. The van der Waals surface area contributed by atoms with Crippen molar-refractivity contribution in [3.63, 3.8) is 0 Å². The van der Waals surface area contributed by atoms with Crippen LogP contribution in [-0.4, -0.2) is 47.2 Å². The standard InChI is InChI=1S/C22H31N3O2S/c1-16-14-24(10-11-25(16)21(26)27-22(2,3)4)15-17-6-5-7-18(12-17)20-9-8-19(13-23)28-20/h5-9,12,16H,10-11,13-15,23H2,1-4H3/t16-/m0/s1. The Kier molecular flexibility index (Phi) is 6.43. The van der Waals surface area contributed by atoms with Gasteiger partial charge < -0.3 is 15.4 Å². The van der Waals surface area contributed by atoms with Gasteiger partial charge in [-0.15, -0.1) is 11.3 Å². The van der Waals surface area contributed by atoms with Crippen LogP contribution in [0, 0.1) is 0 Å². The third kappa shape index (κ3) is 5.34. The molecule has 0 saturated carbocycles. The summed E-state index contributed by atoms with van der Waals surface area (Å²) in [7, 11) is 0. The van der Waals surface area contributed by atoms with Crippen molar-refractivity contribution in [1.29, 1.82) is 0 Å². The summed E-state index contributed by atoms with van der Waals surface area (Å²) in [4.78, 5) is 19.1. The lowest BCUT2D eigenvalue weighted by Crippen LogP contribution is -2.54. The lowest BCUT2D eigenvalue weighted by molar-refractivity contribution is 0.000565. The smallest absolute Gasteiger partial charge is 0.410 e. The van der Waals surface area contributed by atoms with Crippen LogP contribution in [0.15, 0.2) is 36.4 Å². The zero-order chi connectivity index (χ0) is 20.3. The molecule has 2 aromatic rings. The molecule has 1 aliphatic rings. The predicted molar refractivity (Wildman–Crippen MR) is 115 cm³/mol. The van der Waals surface area contributed by atoms with Crippen molar-refractivity contribution in [3.05, 3.63) is 46.8 Å². The molecule has 28 heavy (non-hydrogen) atoms. The molecule has 0 radical (unpaired) electrons. The number of thiophene rings is 1.